The van der Waals surface area contributed by atoms with E-state index in [0.717, 1.165) is 18.7 Å². The minimum absolute atomic E-state index is 0.0771. The Hall–Kier alpha value is -1.20. The monoisotopic (exact) mass is 248 g/mol. The highest BCUT2D eigenvalue weighted by Crippen LogP contribution is 2.40. The lowest BCUT2D eigenvalue weighted by atomic mass is 9.90. The third-order valence-corrected chi connectivity index (χ3v) is 4.51. The number of nitrogens with two attached hydrogens (primary N) is 1. The number of H-pyrrole nitrogens is 1. The molecule has 3 rings (SSSR count). The molecule has 1 aromatic rings. The Morgan fingerprint density at radius 3 is 2.72 bits per heavy atom. The number of hydrogen-bond acceptors (Lipinski definition) is 4. The molecule has 2 atom stereocenters. The van der Waals surface area contributed by atoms with Crippen LogP contribution in [0.15, 0.2) is 10.9 Å². The highest BCUT2D eigenvalue weighted by atomic mass is 16.1. The van der Waals surface area contributed by atoms with E-state index in [4.69, 9.17) is 5.73 Å². The molecule has 18 heavy (non-hydrogen) atoms. The molecule has 3 heterocycles. The molecule has 3 N–H and O–H groups in total. The molecule has 2 bridgehead atoms. The van der Waals surface area contributed by atoms with Crippen LogP contribution in [0, 0.1) is 0 Å². The summed E-state index contributed by atoms with van der Waals surface area (Å²) in [6.45, 7) is 0.330. The Balaban J connectivity index is 1.88. The van der Waals surface area contributed by atoms with Crippen LogP contribution >= 0.6 is 0 Å². The van der Waals surface area contributed by atoms with Gasteiger partial charge in [0.15, 0.2) is 0 Å². The minimum atomic E-state index is -0.0771. The standard InChI is InChI=1S/C13H20N4O/c1-17-10-2-3-11(17)5-8(4-10)13-15-9(7-14)6-12(18)16-13/h6,8,10-11H,2-5,7,14H2,1H3,(H,15,16,18). The fourth-order valence-corrected chi connectivity index (χ4v) is 3.46. The van der Waals surface area contributed by atoms with Crippen LogP contribution in [0.2, 0.25) is 0 Å². The molecule has 0 aliphatic carbocycles. The number of fused-ring (bicyclic) bond motifs is 2. The number of nitrogens with zero attached hydrogens (tertiary/aromatic N) is 2. The first-order chi connectivity index (χ1) is 8.67. The summed E-state index contributed by atoms with van der Waals surface area (Å²) >= 11 is 0. The van der Waals surface area contributed by atoms with E-state index in [0.29, 0.717) is 30.2 Å². The van der Waals surface area contributed by atoms with E-state index < -0.39 is 0 Å². The van der Waals surface area contributed by atoms with E-state index in [1.165, 1.54) is 18.9 Å². The molecule has 0 spiro atoms. The summed E-state index contributed by atoms with van der Waals surface area (Å²) < 4.78 is 0. The van der Waals surface area contributed by atoms with Crippen molar-refractivity contribution >= 4 is 0 Å². The van der Waals surface area contributed by atoms with Gasteiger partial charge in [0.25, 0.3) is 5.56 Å². The van der Waals surface area contributed by atoms with Crippen molar-refractivity contribution in [3.63, 3.8) is 0 Å². The van der Waals surface area contributed by atoms with Crippen molar-refractivity contribution in [1.82, 2.24) is 14.9 Å². The fourth-order valence-electron chi connectivity index (χ4n) is 3.46. The van der Waals surface area contributed by atoms with Gasteiger partial charge in [0, 0.05) is 30.6 Å². The molecule has 2 fully saturated rings. The van der Waals surface area contributed by atoms with Crippen LogP contribution in [0.4, 0.5) is 0 Å². The van der Waals surface area contributed by atoms with Crippen LogP contribution in [0.3, 0.4) is 0 Å². The zero-order valence-electron chi connectivity index (χ0n) is 10.7. The smallest absolute Gasteiger partial charge is 0.251 e. The van der Waals surface area contributed by atoms with Gasteiger partial charge < -0.3 is 15.6 Å². The molecular formula is C13H20N4O. The number of aromatic amines is 1. The number of hydrogen-bond donors (Lipinski definition) is 2. The van der Waals surface area contributed by atoms with Gasteiger partial charge in [-0.05, 0) is 32.7 Å². The van der Waals surface area contributed by atoms with E-state index in [1.54, 1.807) is 0 Å². The second-order valence-electron chi connectivity index (χ2n) is 5.54. The SMILES string of the molecule is CN1C2CCC1CC(c1nc(CN)cc(=O)[nH]1)C2. The summed E-state index contributed by atoms with van der Waals surface area (Å²) in [5.74, 6) is 1.23. The normalized spacial score (nSPS) is 31.8. The van der Waals surface area contributed by atoms with Gasteiger partial charge in [-0.1, -0.05) is 0 Å². The summed E-state index contributed by atoms with van der Waals surface area (Å²) in [6.07, 6.45) is 4.75. The Labute approximate surface area is 106 Å². The van der Waals surface area contributed by atoms with Gasteiger partial charge in [-0.15, -0.1) is 0 Å². The topological polar surface area (TPSA) is 75.0 Å². The quantitative estimate of drug-likeness (QED) is 0.802. The molecule has 5 nitrogen and oxygen atoms in total. The molecular weight excluding hydrogens is 228 g/mol. The zero-order chi connectivity index (χ0) is 12.7. The van der Waals surface area contributed by atoms with Gasteiger partial charge >= 0.3 is 0 Å². The summed E-state index contributed by atoms with van der Waals surface area (Å²) in [7, 11) is 2.21. The highest BCUT2D eigenvalue weighted by Gasteiger charge is 2.39. The van der Waals surface area contributed by atoms with Gasteiger partial charge in [0.2, 0.25) is 0 Å². The summed E-state index contributed by atoms with van der Waals surface area (Å²) in [5.41, 5.74) is 6.20. The number of nitrogens with one attached hydrogen (secondary N) is 1. The van der Waals surface area contributed by atoms with Gasteiger partial charge in [0.05, 0.1) is 5.69 Å². The molecule has 2 saturated heterocycles. The number of piperidine rings is 1. The molecule has 0 radical (unpaired) electrons. The average Bonchev–Trinajstić information content (AvgIpc) is 2.60. The van der Waals surface area contributed by atoms with Crippen molar-refractivity contribution in [2.45, 2.75) is 50.2 Å². The largest absolute Gasteiger partial charge is 0.325 e. The first-order valence-electron chi connectivity index (χ1n) is 6.69. The molecule has 2 aliphatic rings. The summed E-state index contributed by atoms with van der Waals surface area (Å²) in [5, 5.41) is 0. The van der Waals surface area contributed by atoms with Crippen LogP contribution in [0.25, 0.3) is 0 Å². The lowest BCUT2D eigenvalue weighted by molar-refractivity contribution is 0.158. The van der Waals surface area contributed by atoms with Crippen molar-refractivity contribution < 1.29 is 0 Å². The van der Waals surface area contributed by atoms with Crippen LogP contribution in [-0.4, -0.2) is 34.0 Å². The van der Waals surface area contributed by atoms with Crippen LogP contribution < -0.4 is 11.3 Å². The van der Waals surface area contributed by atoms with E-state index >= 15 is 0 Å². The molecule has 0 aromatic carbocycles. The van der Waals surface area contributed by atoms with Gasteiger partial charge in [-0.2, -0.15) is 0 Å². The van der Waals surface area contributed by atoms with Crippen molar-refractivity contribution in [2.75, 3.05) is 7.05 Å². The number of rotatable bonds is 2. The second-order valence-corrected chi connectivity index (χ2v) is 5.54. The van der Waals surface area contributed by atoms with Crippen molar-refractivity contribution in [1.29, 1.82) is 0 Å². The maximum Gasteiger partial charge on any atom is 0.251 e. The highest BCUT2D eigenvalue weighted by molar-refractivity contribution is 5.10. The third-order valence-electron chi connectivity index (χ3n) is 4.51. The van der Waals surface area contributed by atoms with Gasteiger partial charge in [-0.25, -0.2) is 4.98 Å². The first kappa shape index (κ1) is 11.9. The Bertz CT molecular complexity index is 484. The summed E-state index contributed by atoms with van der Waals surface area (Å²) in [6, 6.07) is 2.80. The van der Waals surface area contributed by atoms with E-state index in [1.807, 2.05) is 0 Å². The molecule has 98 valence electrons. The second kappa shape index (κ2) is 4.48. The molecule has 2 unspecified atom stereocenters. The van der Waals surface area contributed by atoms with Gasteiger partial charge in [-0.3, -0.25) is 4.79 Å². The summed E-state index contributed by atoms with van der Waals surface area (Å²) in [4.78, 5) is 21.5. The van der Waals surface area contributed by atoms with E-state index in [-0.39, 0.29) is 5.56 Å². The zero-order valence-corrected chi connectivity index (χ0v) is 10.7. The molecule has 2 aliphatic heterocycles. The molecule has 0 amide bonds. The Morgan fingerprint density at radius 1 is 1.44 bits per heavy atom. The third kappa shape index (κ3) is 1.97. The fraction of sp³-hybridized carbons (Fsp3) is 0.692. The van der Waals surface area contributed by atoms with E-state index in [9.17, 15) is 4.79 Å². The van der Waals surface area contributed by atoms with Crippen molar-refractivity contribution in [2.24, 2.45) is 5.73 Å². The Kier molecular flexibility index (Phi) is 2.95. The van der Waals surface area contributed by atoms with Crippen molar-refractivity contribution in [3.05, 3.63) is 27.9 Å². The number of aromatic nitrogens is 2. The maximum absolute atomic E-state index is 11.6. The van der Waals surface area contributed by atoms with Crippen LogP contribution in [0.5, 0.6) is 0 Å². The minimum Gasteiger partial charge on any atom is -0.325 e. The first-order valence-corrected chi connectivity index (χ1v) is 6.69. The van der Waals surface area contributed by atoms with Crippen molar-refractivity contribution in [3.8, 4) is 0 Å². The average molecular weight is 248 g/mol. The van der Waals surface area contributed by atoms with Crippen LogP contribution in [-0.2, 0) is 6.54 Å². The Morgan fingerprint density at radius 2 is 2.11 bits per heavy atom. The van der Waals surface area contributed by atoms with E-state index in [2.05, 4.69) is 21.9 Å². The van der Waals surface area contributed by atoms with Crippen LogP contribution in [0.1, 0.15) is 43.1 Å². The predicted molar refractivity (Wildman–Crippen MR) is 69.3 cm³/mol. The lowest BCUT2D eigenvalue weighted by Crippen LogP contribution is -2.39. The maximum atomic E-state index is 11.6. The predicted octanol–water partition coefficient (Wildman–Crippen LogP) is 0.569. The molecule has 1 aromatic heterocycles. The molecule has 5 heteroatoms. The lowest BCUT2D eigenvalue weighted by Gasteiger charge is -2.35. The molecule has 0 saturated carbocycles. The van der Waals surface area contributed by atoms with Gasteiger partial charge in [0.1, 0.15) is 5.82 Å².